The average molecular weight is 110 g/mol. The summed E-state index contributed by atoms with van der Waals surface area (Å²) in [4.78, 5) is 0. The molecule has 0 radical (unpaired) electrons. The SMILES string of the molecule is CC(C)=CC1CCC1. The number of rotatable bonds is 1. The molecule has 0 aliphatic heterocycles. The molecular formula is C8H14. The lowest BCUT2D eigenvalue weighted by atomic mass is 9.84. The molecule has 0 saturated heterocycles. The Hall–Kier alpha value is -0.260. The van der Waals surface area contributed by atoms with Gasteiger partial charge in [-0.05, 0) is 32.6 Å². The third-order valence-corrected chi connectivity index (χ3v) is 1.72. The molecule has 0 spiro atoms. The zero-order chi connectivity index (χ0) is 5.98. The molecule has 0 aromatic carbocycles. The maximum absolute atomic E-state index is 2.39. The molecule has 1 saturated carbocycles. The predicted octanol–water partition coefficient (Wildman–Crippen LogP) is 2.75. The van der Waals surface area contributed by atoms with Crippen LogP contribution in [0.2, 0.25) is 0 Å². The monoisotopic (exact) mass is 110 g/mol. The van der Waals surface area contributed by atoms with Crippen LogP contribution in [0.4, 0.5) is 0 Å². The third kappa shape index (κ3) is 1.36. The normalized spacial score (nSPS) is 19.8. The summed E-state index contributed by atoms with van der Waals surface area (Å²) in [6, 6.07) is 0. The average Bonchev–Trinajstić information content (AvgIpc) is 1.55. The van der Waals surface area contributed by atoms with Crippen molar-refractivity contribution in [1.82, 2.24) is 0 Å². The molecule has 0 unspecified atom stereocenters. The summed E-state index contributed by atoms with van der Waals surface area (Å²) < 4.78 is 0. The van der Waals surface area contributed by atoms with E-state index >= 15 is 0 Å². The van der Waals surface area contributed by atoms with E-state index in [1.165, 1.54) is 24.8 Å². The second-order valence-electron chi connectivity index (χ2n) is 2.94. The van der Waals surface area contributed by atoms with Crippen LogP contribution in [-0.2, 0) is 0 Å². The standard InChI is InChI=1S/C8H14/c1-7(2)6-8-4-3-5-8/h6,8H,3-5H2,1-2H3. The highest BCUT2D eigenvalue weighted by molar-refractivity contribution is 4.99. The molecule has 0 heterocycles. The Balaban J connectivity index is 2.27. The summed E-state index contributed by atoms with van der Waals surface area (Å²) in [5.74, 6) is 0.944. The lowest BCUT2D eigenvalue weighted by molar-refractivity contribution is 0.386. The first-order valence-corrected chi connectivity index (χ1v) is 3.44. The Labute approximate surface area is 51.6 Å². The number of allylic oxidation sites excluding steroid dienone is 2. The molecule has 0 nitrogen and oxygen atoms in total. The largest absolute Gasteiger partial charge is 0.0828 e. The Morgan fingerprint density at radius 3 is 2.12 bits per heavy atom. The van der Waals surface area contributed by atoms with Crippen molar-refractivity contribution in [2.75, 3.05) is 0 Å². The van der Waals surface area contributed by atoms with Crippen LogP contribution < -0.4 is 0 Å². The minimum atomic E-state index is 0.944. The molecule has 0 amide bonds. The smallest absolute Gasteiger partial charge is 0.0231 e. The summed E-state index contributed by atoms with van der Waals surface area (Å²) in [6.07, 6.45) is 6.72. The minimum absolute atomic E-state index is 0.944. The lowest BCUT2D eigenvalue weighted by Crippen LogP contribution is -2.07. The fourth-order valence-electron chi connectivity index (χ4n) is 1.08. The Bertz CT molecular complexity index is 92.6. The van der Waals surface area contributed by atoms with Gasteiger partial charge in [0, 0.05) is 0 Å². The van der Waals surface area contributed by atoms with Crippen molar-refractivity contribution in [3.63, 3.8) is 0 Å². The van der Waals surface area contributed by atoms with E-state index in [-0.39, 0.29) is 0 Å². The van der Waals surface area contributed by atoms with E-state index in [2.05, 4.69) is 19.9 Å². The van der Waals surface area contributed by atoms with Crippen molar-refractivity contribution in [3.8, 4) is 0 Å². The van der Waals surface area contributed by atoms with Gasteiger partial charge in [-0.25, -0.2) is 0 Å². The van der Waals surface area contributed by atoms with Crippen LogP contribution in [0, 0.1) is 5.92 Å². The highest BCUT2D eigenvalue weighted by Gasteiger charge is 2.13. The first-order valence-electron chi connectivity index (χ1n) is 3.44. The molecule has 1 fully saturated rings. The highest BCUT2D eigenvalue weighted by Crippen LogP contribution is 2.28. The molecule has 0 heteroatoms. The van der Waals surface area contributed by atoms with E-state index in [9.17, 15) is 0 Å². The van der Waals surface area contributed by atoms with Crippen LogP contribution in [-0.4, -0.2) is 0 Å². The van der Waals surface area contributed by atoms with Gasteiger partial charge in [-0.2, -0.15) is 0 Å². The van der Waals surface area contributed by atoms with Crippen LogP contribution in [0.5, 0.6) is 0 Å². The summed E-state index contributed by atoms with van der Waals surface area (Å²) in [6.45, 7) is 4.36. The zero-order valence-corrected chi connectivity index (χ0v) is 5.78. The Morgan fingerprint density at radius 1 is 1.38 bits per heavy atom. The van der Waals surface area contributed by atoms with Gasteiger partial charge in [0.2, 0.25) is 0 Å². The van der Waals surface area contributed by atoms with Gasteiger partial charge in [-0.1, -0.05) is 18.1 Å². The van der Waals surface area contributed by atoms with Crippen LogP contribution in [0.15, 0.2) is 11.6 Å². The van der Waals surface area contributed by atoms with Gasteiger partial charge in [-0.3, -0.25) is 0 Å². The van der Waals surface area contributed by atoms with Gasteiger partial charge in [0.15, 0.2) is 0 Å². The molecule has 0 atom stereocenters. The minimum Gasteiger partial charge on any atom is -0.0828 e. The first kappa shape index (κ1) is 5.87. The van der Waals surface area contributed by atoms with Crippen LogP contribution in [0.25, 0.3) is 0 Å². The number of hydrogen-bond acceptors (Lipinski definition) is 0. The molecular weight excluding hydrogens is 96.1 g/mol. The number of hydrogen-bond donors (Lipinski definition) is 0. The van der Waals surface area contributed by atoms with Gasteiger partial charge in [0.1, 0.15) is 0 Å². The van der Waals surface area contributed by atoms with E-state index in [4.69, 9.17) is 0 Å². The van der Waals surface area contributed by atoms with E-state index in [1.54, 1.807) is 0 Å². The molecule has 8 heavy (non-hydrogen) atoms. The van der Waals surface area contributed by atoms with Crippen molar-refractivity contribution >= 4 is 0 Å². The maximum Gasteiger partial charge on any atom is -0.0231 e. The van der Waals surface area contributed by atoms with Crippen molar-refractivity contribution in [1.29, 1.82) is 0 Å². The summed E-state index contributed by atoms with van der Waals surface area (Å²) in [7, 11) is 0. The van der Waals surface area contributed by atoms with Crippen molar-refractivity contribution < 1.29 is 0 Å². The zero-order valence-electron chi connectivity index (χ0n) is 5.78. The van der Waals surface area contributed by atoms with E-state index in [0.717, 1.165) is 5.92 Å². The summed E-state index contributed by atoms with van der Waals surface area (Å²) >= 11 is 0. The van der Waals surface area contributed by atoms with E-state index in [0.29, 0.717) is 0 Å². The van der Waals surface area contributed by atoms with Crippen LogP contribution >= 0.6 is 0 Å². The molecule has 1 aliphatic rings. The fourth-order valence-corrected chi connectivity index (χ4v) is 1.08. The van der Waals surface area contributed by atoms with Gasteiger partial charge >= 0.3 is 0 Å². The van der Waals surface area contributed by atoms with E-state index < -0.39 is 0 Å². The van der Waals surface area contributed by atoms with Crippen molar-refractivity contribution in [2.45, 2.75) is 33.1 Å². The highest BCUT2D eigenvalue weighted by atomic mass is 14.2. The Kier molecular flexibility index (Phi) is 1.72. The predicted molar refractivity (Wildman–Crippen MR) is 36.8 cm³/mol. The molecule has 0 bridgehead atoms. The van der Waals surface area contributed by atoms with Gasteiger partial charge in [-0.15, -0.1) is 0 Å². The second kappa shape index (κ2) is 2.34. The summed E-state index contributed by atoms with van der Waals surface area (Å²) in [5.41, 5.74) is 1.48. The Morgan fingerprint density at radius 2 is 2.00 bits per heavy atom. The molecule has 46 valence electrons. The van der Waals surface area contributed by atoms with Gasteiger partial charge in [0.05, 0.1) is 0 Å². The van der Waals surface area contributed by atoms with Gasteiger partial charge < -0.3 is 0 Å². The molecule has 1 rings (SSSR count). The molecule has 0 aromatic rings. The van der Waals surface area contributed by atoms with Crippen molar-refractivity contribution in [3.05, 3.63) is 11.6 Å². The molecule has 1 aliphatic carbocycles. The fraction of sp³-hybridized carbons (Fsp3) is 0.750. The second-order valence-corrected chi connectivity index (χ2v) is 2.94. The lowest BCUT2D eigenvalue weighted by Gasteiger charge is -2.21. The first-order chi connectivity index (χ1) is 3.79. The molecule has 0 aromatic heterocycles. The van der Waals surface area contributed by atoms with Crippen LogP contribution in [0.3, 0.4) is 0 Å². The maximum atomic E-state index is 2.39. The van der Waals surface area contributed by atoms with E-state index in [1.807, 2.05) is 0 Å². The molecule has 0 N–H and O–H groups in total. The van der Waals surface area contributed by atoms with Crippen molar-refractivity contribution in [2.24, 2.45) is 5.92 Å². The third-order valence-electron chi connectivity index (χ3n) is 1.72. The topological polar surface area (TPSA) is 0 Å². The van der Waals surface area contributed by atoms with Gasteiger partial charge in [0.25, 0.3) is 0 Å². The van der Waals surface area contributed by atoms with Crippen LogP contribution in [0.1, 0.15) is 33.1 Å². The summed E-state index contributed by atoms with van der Waals surface area (Å²) in [5, 5.41) is 0. The quantitative estimate of drug-likeness (QED) is 0.455.